The van der Waals surface area contributed by atoms with E-state index < -0.39 is 0 Å². The number of hydrogen-bond acceptors (Lipinski definition) is 2. The van der Waals surface area contributed by atoms with E-state index in [1.165, 1.54) is 11.1 Å². The standard InChI is InChI=1S/C19H23NO/c21-19(18-8-2-1-3-9-18)12-15-20-13-10-16-6-4-5-7-17(16)11-14-20/h1-9,19,21H,10-15H2. The number of fused-ring (bicyclic) bond motifs is 1. The lowest BCUT2D eigenvalue weighted by Gasteiger charge is -2.21. The van der Waals surface area contributed by atoms with Gasteiger partial charge in [-0.2, -0.15) is 0 Å². The molecule has 0 saturated heterocycles. The van der Waals surface area contributed by atoms with Crippen LogP contribution in [0.5, 0.6) is 0 Å². The molecule has 1 aliphatic rings. The van der Waals surface area contributed by atoms with Gasteiger partial charge in [0, 0.05) is 19.6 Å². The van der Waals surface area contributed by atoms with Gasteiger partial charge in [0.05, 0.1) is 6.10 Å². The van der Waals surface area contributed by atoms with E-state index in [0.29, 0.717) is 0 Å². The molecule has 1 aliphatic heterocycles. The van der Waals surface area contributed by atoms with Crippen molar-refractivity contribution in [2.24, 2.45) is 0 Å². The zero-order chi connectivity index (χ0) is 14.5. The molecule has 2 heteroatoms. The highest BCUT2D eigenvalue weighted by Gasteiger charge is 2.15. The summed E-state index contributed by atoms with van der Waals surface area (Å²) in [6, 6.07) is 18.7. The zero-order valence-electron chi connectivity index (χ0n) is 12.4. The molecule has 0 amide bonds. The summed E-state index contributed by atoms with van der Waals surface area (Å²) >= 11 is 0. The van der Waals surface area contributed by atoms with Crippen LogP contribution in [0.25, 0.3) is 0 Å². The van der Waals surface area contributed by atoms with E-state index in [9.17, 15) is 5.11 Å². The molecular weight excluding hydrogens is 258 g/mol. The van der Waals surface area contributed by atoms with Crippen LogP contribution in [0.1, 0.15) is 29.2 Å². The van der Waals surface area contributed by atoms with Crippen molar-refractivity contribution in [2.75, 3.05) is 19.6 Å². The molecule has 0 fully saturated rings. The smallest absolute Gasteiger partial charge is 0.0802 e. The number of benzene rings is 2. The summed E-state index contributed by atoms with van der Waals surface area (Å²) < 4.78 is 0. The van der Waals surface area contributed by atoms with Crippen molar-refractivity contribution in [2.45, 2.75) is 25.4 Å². The second-order valence-corrected chi connectivity index (χ2v) is 5.83. The minimum Gasteiger partial charge on any atom is -0.388 e. The predicted octanol–water partition coefficient (Wildman–Crippen LogP) is 3.21. The third-order valence-corrected chi connectivity index (χ3v) is 4.42. The second kappa shape index (κ2) is 6.88. The van der Waals surface area contributed by atoms with Crippen molar-refractivity contribution in [1.82, 2.24) is 4.90 Å². The fraction of sp³-hybridized carbons (Fsp3) is 0.368. The lowest BCUT2D eigenvalue weighted by Crippen LogP contribution is -2.28. The van der Waals surface area contributed by atoms with E-state index in [1.54, 1.807) is 0 Å². The number of aliphatic hydroxyl groups excluding tert-OH is 1. The first kappa shape index (κ1) is 14.3. The Labute approximate surface area is 127 Å². The zero-order valence-corrected chi connectivity index (χ0v) is 12.4. The Morgan fingerprint density at radius 3 is 2.05 bits per heavy atom. The molecule has 110 valence electrons. The average Bonchev–Trinajstić information content (AvgIpc) is 2.76. The fourth-order valence-corrected chi connectivity index (χ4v) is 3.08. The van der Waals surface area contributed by atoms with Gasteiger partial charge in [0.25, 0.3) is 0 Å². The van der Waals surface area contributed by atoms with E-state index >= 15 is 0 Å². The topological polar surface area (TPSA) is 23.5 Å². The summed E-state index contributed by atoms with van der Waals surface area (Å²) in [7, 11) is 0. The number of rotatable bonds is 4. The Kier molecular flexibility index (Phi) is 4.69. The molecule has 1 atom stereocenters. The molecule has 0 radical (unpaired) electrons. The summed E-state index contributed by atoms with van der Waals surface area (Å²) in [5.74, 6) is 0. The molecule has 21 heavy (non-hydrogen) atoms. The van der Waals surface area contributed by atoms with Crippen molar-refractivity contribution in [1.29, 1.82) is 0 Å². The van der Waals surface area contributed by atoms with Crippen LogP contribution in [0, 0.1) is 0 Å². The second-order valence-electron chi connectivity index (χ2n) is 5.83. The maximum atomic E-state index is 10.3. The Bertz CT molecular complexity index is 540. The van der Waals surface area contributed by atoms with E-state index in [-0.39, 0.29) is 6.10 Å². The summed E-state index contributed by atoms with van der Waals surface area (Å²) in [5.41, 5.74) is 4.00. The molecule has 1 unspecified atom stereocenters. The van der Waals surface area contributed by atoms with E-state index in [0.717, 1.165) is 44.5 Å². The highest BCUT2D eigenvalue weighted by atomic mass is 16.3. The lowest BCUT2D eigenvalue weighted by molar-refractivity contribution is 0.143. The Morgan fingerprint density at radius 2 is 1.43 bits per heavy atom. The molecule has 1 heterocycles. The summed E-state index contributed by atoms with van der Waals surface area (Å²) in [6.45, 7) is 3.15. The molecule has 0 spiro atoms. The highest BCUT2D eigenvalue weighted by Crippen LogP contribution is 2.19. The predicted molar refractivity (Wildman–Crippen MR) is 86.3 cm³/mol. The summed E-state index contributed by atoms with van der Waals surface area (Å²) in [4.78, 5) is 2.48. The number of aliphatic hydroxyl groups is 1. The van der Waals surface area contributed by atoms with Gasteiger partial charge in [0.2, 0.25) is 0 Å². The van der Waals surface area contributed by atoms with E-state index in [4.69, 9.17) is 0 Å². The van der Waals surface area contributed by atoms with Crippen LogP contribution in [0.15, 0.2) is 54.6 Å². The first-order valence-electron chi connectivity index (χ1n) is 7.85. The normalized spacial score (nSPS) is 17.0. The van der Waals surface area contributed by atoms with Crippen molar-refractivity contribution in [3.05, 3.63) is 71.3 Å². The van der Waals surface area contributed by atoms with Crippen molar-refractivity contribution < 1.29 is 5.11 Å². The molecule has 1 N–H and O–H groups in total. The minimum absolute atomic E-state index is 0.350. The minimum atomic E-state index is -0.350. The van der Waals surface area contributed by atoms with Crippen LogP contribution in [0.3, 0.4) is 0 Å². The highest BCUT2D eigenvalue weighted by molar-refractivity contribution is 5.28. The first-order valence-corrected chi connectivity index (χ1v) is 7.85. The number of hydrogen-bond donors (Lipinski definition) is 1. The first-order chi connectivity index (χ1) is 10.3. The summed E-state index contributed by atoms with van der Waals surface area (Å²) in [5, 5.41) is 10.3. The lowest BCUT2D eigenvalue weighted by atomic mass is 10.0. The van der Waals surface area contributed by atoms with E-state index in [2.05, 4.69) is 29.2 Å². The largest absolute Gasteiger partial charge is 0.388 e. The molecule has 0 bridgehead atoms. The van der Waals surface area contributed by atoms with Gasteiger partial charge in [-0.1, -0.05) is 54.6 Å². The van der Waals surface area contributed by atoms with Gasteiger partial charge in [0.15, 0.2) is 0 Å². The molecule has 2 aromatic rings. The van der Waals surface area contributed by atoms with Gasteiger partial charge in [-0.15, -0.1) is 0 Å². The van der Waals surface area contributed by atoms with Crippen LogP contribution in [0.2, 0.25) is 0 Å². The molecule has 2 aromatic carbocycles. The third-order valence-electron chi connectivity index (χ3n) is 4.42. The van der Waals surface area contributed by atoms with Crippen molar-refractivity contribution in [3.63, 3.8) is 0 Å². The number of nitrogens with zero attached hydrogens (tertiary/aromatic N) is 1. The summed E-state index contributed by atoms with van der Waals surface area (Å²) in [6.07, 6.45) is 2.70. The van der Waals surface area contributed by atoms with Crippen molar-refractivity contribution in [3.8, 4) is 0 Å². The Morgan fingerprint density at radius 1 is 0.857 bits per heavy atom. The molecule has 0 aliphatic carbocycles. The van der Waals surface area contributed by atoms with Crippen LogP contribution in [0.4, 0.5) is 0 Å². The fourth-order valence-electron chi connectivity index (χ4n) is 3.08. The maximum Gasteiger partial charge on any atom is 0.0802 e. The maximum absolute atomic E-state index is 10.3. The van der Waals surface area contributed by atoms with Crippen LogP contribution in [-0.2, 0) is 12.8 Å². The molecule has 0 aromatic heterocycles. The molecule has 2 nitrogen and oxygen atoms in total. The average molecular weight is 281 g/mol. The van der Waals surface area contributed by atoms with Crippen LogP contribution >= 0.6 is 0 Å². The van der Waals surface area contributed by atoms with Crippen molar-refractivity contribution >= 4 is 0 Å². The Balaban J connectivity index is 1.53. The van der Waals surface area contributed by atoms with E-state index in [1.807, 2.05) is 30.3 Å². The Hall–Kier alpha value is -1.64. The van der Waals surface area contributed by atoms with Crippen LogP contribution in [-0.4, -0.2) is 29.6 Å². The van der Waals surface area contributed by atoms with Gasteiger partial charge >= 0.3 is 0 Å². The monoisotopic (exact) mass is 281 g/mol. The van der Waals surface area contributed by atoms with Gasteiger partial charge in [-0.05, 0) is 36.0 Å². The van der Waals surface area contributed by atoms with Gasteiger partial charge in [-0.25, -0.2) is 0 Å². The van der Waals surface area contributed by atoms with Crippen LogP contribution < -0.4 is 0 Å². The molecular formula is C19H23NO. The van der Waals surface area contributed by atoms with Gasteiger partial charge < -0.3 is 10.0 Å². The third kappa shape index (κ3) is 3.72. The quantitative estimate of drug-likeness (QED) is 0.930. The van der Waals surface area contributed by atoms with Gasteiger partial charge in [0.1, 0.15) is 0 Å². The molecule has 0 saturated carbocycles. The molecule has 3 rings (SSSR count). The SMILES string of the molecule is OC(CCN1CCc2ccccc2CC1)c1ccccc1. The van der Waals surface area contributed by atoms with Gasteiger partial charge in [-0.3, -0.25) is 0 Å².